The molecule has 1 heterocycles. The van der Waals surface area contributed by atoms with Crippen LogP contribution in [0.25, 0.3) is 0 Å². The molecule has 0 aliphatic heterocycles. The van der Waals surface area contributed by atoms with E-state index in [1.807, 2.05) is 0 Å². The largest absolute Gasteiger partial charge is 0.478 e. The number of carboxylic acid groups (broad SMARTS) is 1. The number of ether oxygens (including phenoxy) is 1. The first-order chi connectivity index (χ1) is 9.88. The second kappa shape index (κ2) is 5.76. The van der Waals surface area contributed by atoms with E-state index in [1.54, 1.807) is 13.0 Å². The van der Waals surface area contributed by atoms with Gasteiger partial charge in [-0.15, -0.1) is 0 Å². The maximum absolute atomic E-state index is 11.2. The number of pyridine rings is 1. The Kier molecular flexibility index (Phi) is 4.04. The highest BCUT2D eigenvalue weighted by Crippen LogP contribution is 2.31. The van der Waals surface area contributed by atoms with E-state index in [2.05, 4.69) is 4.98 Å². The number of hydrogen-bond donors (Lipinski definition) is 1. The Morgan fingerprint density at radius 3 is 2.71 bits per heavy atom. The molecule has 0 amide bonds. The Labute approximate surface area is 123 Å². The zero-order valence-electron chi connectivity index (χ0n) is 10.7. The minimum Gasteiger partial charge on any atom is -0.478 e. The minimum atomic E-state index is -1.16. The standard InChI is InChI=1S/C13H9ClN2O5/c1-7-2-3-11(9(4-7)13(17)18)21-12-10(14)5-8(6-15-12)16(19)20/h2-6H,1H3,(H,17,18). The smallest absolute Gasteiger partial charge is 0.339 e. The highest BCUT2D eigenvalue weighted by molar-refractivity contribution is 6.32. The number of nitrogens with zero attached hydrogens (tertiary/aromatic N) is 2. The van der Waals surface area contributed by atoms with Crippen LogP contribution < -0.4 is 4.74 Å². The zero-order valence-corrected chi connectivity index (χ0v) is 11.5. The summed E-state index contributed by atoms with van der Waals surface area (Å²) >= 11 is 5.85. The van der Waals surface area contributed by atoms with Gasteiger partial charge >= 0.3 is 5.97 Å². The van der Waals surface area contributed by atoms with Gasteiger partial charge in [0.05, 0.1) is 4.92 Å². The predicted molar refractivity (Wildman–Crippen MR) is 74.1 cm³/mol. The first kappa shape index (κ1) is 14.7. The molecule has 2 rings (SSSR count). The van der Waals surface area contributed by atoms with Crippen LogP contribution in [0.15, 0.2) is 30.5 Å². The van der Waals surface area contributed by atoms with Gasteiger partial charge in [-0.3, -0.25) is 10.1 Å². The number of carbonyl (C=O) groups is 1. The molecule has 2 aromatic rings. The van der Waals surface area contributed by atoms with Gasteiger partial charge in [0.2, 0.25) is 5.88 Å². The van der Waals surface area contributed by atoms with Crippen LogP contribution in [-0.4, -0.2) is 21.0 Å². The molecule has 108 valence electrons. The highest BCUT2D eigenvalue weighted by Gasteiger charge is 2.16. The van der Waals surface area contributed by atoms with E-state index in [1.165, 1.54) is 12.1 Å². The summed E-state index contributed by atoms with van der Waals surface area (Å²) in [7, 11) is 0. The Morgan fingerprint density at radius 1 is 1.43 bits per heavy atom. The molecule has 0 saturated carbocycles. The number of rotatable bonds is 4. The number of nitro groups is 1. The predicted octanol–water partition coefficient (Wildman–Crippen LogP) is 3.44. The van der Waals surface area contributed by atoms with E-state index < -0.39 is 10.9 Å². The molecular formula is C13H9ClN2O5. The van der Waals surface area contributed by atoms with Gasteiger partial charge in [0.15, 0.2) is 0 Å². The van der Waals surface area contributed by atoms with Crippen LogP contribution in [0.5, 0.6) is 11.6 Å². The van der Waals surface area contributed by atoms with Crippen molar-refractivity contribution in [2.45, 2.75) is 6.92 Å². The van der Waals surface area contributed by atoms with Crippen molar-refractivity contribution in [2.24, 2.45) is 0 Å². The van der Waals surface area contributed by atoms with Gasteiger partial charge in [-0.05, 0) is 19.1 Å². The van der Waals surface area contributed by atoms with Gasteiger partial charge in [0.1, 0.15) is 22.5 Å². The third kappa shape index (κ3) is 3.26. The number of carboxylic acids is 1. The van der Waals surface area contributed by atoms with Crippen LogP contribution >= 0.6 is 11.6 Å². The summed E-state index contributed by atoms with van der Waals surface area (Å²) in [4.78, 5) is 24.8. The SMILES string of the molecule is Cc1ccc(Oc2ncc([N+](=O)[O-])cc2Cl)c(C(=O)O)c1. The second-order valence-electron chi connectivity index (χ2n) is 4.14. The van der Waals surface area contributed by atoms with Gasteiger partial charge in [0, 0.05) is 6.07 Å². The number of halogens is 1. The monoisotopic (exact) mass is 308 g/mol. The van der Waals surface area contributed by atoms with Gasteiger partial charge in [-0.1, -0.05) is 23.2 Å². The third-order valence-electron chi connectivity index (χ3n) is 2.58. The normalized spacial score (nSPS) is 10.2. The van der Waals surface area contributed by atoms with E-state index >= 15 is 0 Å². The molecule has 1 N–H and O–H groups in total. The highest BCUT2D eigenvalue weighted by atomic mass is 35.5. The Morgan fingerprint density at radius 2 is 2.14 bits per heavy atom. The van der Waals surface area contributed by atoms with Crippen molar-refractivity contribution < 1.29 is 19.6 Å². The van der Waals surface area contributed by atoms with Crippen LogP contribution in [0.2, 0.25) is 5.02 Å². The summed E-state index contributed by atoms with van der Waals surface area (Å²) in [6.45, 7) is 1.74. The molecule has 1 aromatic carbocycles. The fourth-order valence-electron chi connectivity index (χ4n) is 1.59. The first-order valence-electron chi connectivity index (χ1n) is 5.70. The molecule has 0 radical (unpaired) electrons. The van der Waals surface area contributed by atoms with Crippen molar-refractivity contribution in [1.29, 1.82) is 0 Å². The van der Waals surface area contributed by atoms with Crippen LogP contribution in [0.4, 0.5) is 5.69 Å². The average molecular weight is 309 g/mol. The fourth-order valence-corrected chi connectivity index (χ4v) is 1.79. The molecule has 7 nitrogen and oxygen atoms in total. The summed E-state index contributed by atoms with van der Waals surface area (Å²) in [5.74, 6) is -1.21. The van der Waals surface area contributed by atoms with Gasteiger partial charge in [-0.25, -0.2) is 9.78 Å². The number of aromatic nitrogens is 1. The number of aromatic carboxylic acids is 1. The lowest BCUT2D eigenvalue weighted by molar-refractivity contribution is -0.385. The van der Waals surface area contributed by atoms with Crippen molar-refractivity contribution >= 4 is 23.3 Å². The molecule has 1 aromatic heterocycles. The van der Waals surface area contributed by atoms with E-state index in [9.17, 15) is 14.9 Å². The maximum Gasteiger partial charge on any atom is 0.339 e. The average Bonchev–Trinajstić information content (AvgIpc) is 2.42. The number of aryl methyl sites for hydroxylation is 1. The van der Waals surface area contributed by atoms with Crippen LogP contribution in [-0.2, 0) is 0 Å². The van der Waals surface area contributed by atoms with Gasteiger partial charge in [-0.2, -0.15) is 0 Å². The molecule has 0 aliphatic rings. The topological polar surface area (TPSA) is 103 Å². The lowest BCUT2D eigenvalue weighted by atomic mass is 10.1. The van der Waals surface area contributed by atoms with Gasteiger partial charge in [0.25, 0.3) is 5.69 Å². The lowest BCUT2D eigenvalue weighted by Gasteiger charge is -2.09. The molecule has 0 saturated heterocycles. The second-order valence-corrected chi connectivity index (χ2v) is 4.55. The molecule has 21 heavy (non-hydrogen) atoms. The molecule has 0 unspecified atom stereocenters. The van der Waals surface area contributed by atoms with Crippen molar-refractivity contribution in [1.82, 2.24) is 4.98 Å². The quantitative estimate of drug-likeness (QED) is 0.685. The van der Waals surface area contributed by atoms with Crippen molar-refractivity contribution in [3.63, 3.8) is 0 Å². The van der Waals surface area contributed by atoms with E-state index in [4.69, 9.17) is 21.4 Å². The summed E-state index contributed by atoms with van der Waals surface area (Å²) in [5, 5.41) is 19.6. The lowest BCUT2D eigenvalue weighted by Crippen LogP contribution is -2.01. The van der Waals surface area contributed by atoms with E-state index in [-0.39, 0.29) is 27.9 Å². The number of hydrogen-bond acceptors (Lipinski definition) is 5. The van der Waals surface area contributed by atoms with Crippen LogP contribution in [0, 0.1) is 17.0 Å². The molecule has 0 spiro atoms. The molecular weight excluding hydrogens is 300 g/mol. The summed E-state index contributed by atoms with van der Waals surface area (Å²) in [6, 6.07) is 5.66. The van der Waals surface area contributed by atoms with Crippen LogP contribution in [0.1, 0.15) is 15.9 Å². The first-order valence-corrected chi connectivity index (χ1v) is 6.08. The molecule has 0 bridgehead atoms. The number of benzene rings is 1. The third-order valence-corrected chi connectivity index (χ3v) is 2.85. The fraction of sp³-hybridized carbons (Fsp3) is 0.0769. The van der Waals surface area contributed by atoms with Crippen molar-refractivity contribution in [2.75, 3.05) is 0 Å². The van der Waals surface area contributed by atoms with Crippen molar-refractivity contribution in [3.8, 4) is 11.6 Å². The molecule has 8 heteroatoms. The Hall–Kier alpha value is -2.67. The Bertz CT molecular complexity index is 732. The minimum absolute atomic E-state index is 0.0498. The van der Waals surface area contributed by atoms with E-state index in [0.29, 0.717) is 0 Å². The zero-order chi connectivity index (χ0) is 15.6. The van der Waals surface area contributed by atoms with Crippen molar-refractivity contribution in [3.05, 3.63) is 56.7 Å². The van der Waals surface area contributed by atoms with E-state index in [0.717, 1.165) is 17.8 Å². The molecule has 0 atom stereocenters. The summed E-state index contributed by atoms with van der Waals surface area (Å²) < 4.78 is 5.34. The van der Waals surface area contributed by atoms with Crippen LogP contribution in [0.3, 0.4) is 0 Å². The molecule has 0 fully saturated rings. The summed E-state index contributed by atoms with van der Waals surface area (Å²) in [5.41, 5.74) is 0.420. The Balaban J connectivity index is 2.39. The maximum atomic E-state index is 11.2. The molecule has 0 aliphatic carbocycles. The van der Waals surface area contributed by atoms with Gasteiger partial charge < -0.3 is 9.84 Å². The summed E-state index contributed by atoms with van der Waals surface area (Å²) in [6.07, 6.45) is 0.982.